The van der Waals surface area contributed by atoms with Crippen molar-refractivity contribution < 1.29 is 28.8 Å². The summed E-state index contributed by atoms with van der Waals surface area (Å²) in [6.07, 6.45) is 0.141. The number of ether oxygens (including phenoxy) is 4. The lowest BCUT2D eigenvalue weighted by Crippen LogP contribution is -2.22. The average molecular weight is 330 g/mol. The van der Waals surface area contributed by atoms with E-state index in [1.54, 1.807) is 24.3 Å². The SMILES string of the molecule is COc1cc2c(c(OC)c1OC)[C@@H](c1cccc(O)c1)CC(=O)O2. The molecular weight excluding hydrogens is 312 g/mol. The topological polar surface area (TPSA) is 74.2 Å². The molecule has 2 aromatic rings. The molecule has 0 fully saturated rings. The number of fused-ring (bicyclic) bond motifs is 1. The maximum atomic E-state index is 12.1. The normalized spacial score (nSPS) is 16.1. The van der Waals surface area contributed by atoms with Crippen LogP contribution in [0.25, 0.3) is 0 Å². The lowest BCUT2D eigenvalue weighted by atomic mass is 9.85. The van der Waals surface area contributed by atoms with Crippen LogP contribution in [-0.4, -0.2) is 32.4 Å². The van der Waals surface area contributed by atoms with Gasteiger partial charge in [0.05, 0.1) is 27.8 Å². The first kappa shape index (κ1) is 16.0. The van der Waals surface area contributed by atoms with Gasteiger partial charge in [0, 0.05) is 17.5 Å². The highest BCUT2D eigenvalue weighted by Gasteiger charge is 2.35. The van der Waals surface area contributed by atoms with Crippen LogP contribution in [0.2, 0.25) is 0 Å². The standard InChI is InChI=1S/C18H18O6/c1-21-14-9-13-16(18(23-3)17(14)22-2)12(8-15(20)24-13)10-5-4-6-11(19)7-10/h4-7,9,12,19H,8H2,1-3H3/t12-/m1/s1. The van der Waals surface area contributed by atoms with Crippen LogP contribution in [0, 0.1) is 0 Å². The Kier molecular flexibility index (Phi) is 4.20. The van der Waals surface area contributed by atoms with Gasteiger partial charge < -0.3 is 24.1 Å². The molecule has 0 bridgehead atoms. The van der Waals surface area contributed by atoms with Crippen molar-refractivity contribution in [2.24, 2.45) is 0 Å². The summed E-state index contributed by atoms with van der Waals surface area (Å²) in [5.74, 6) is 1.13. The van der Waals surface area contributed by atoms with Gasteiger partial charge in [0.25, 0.3) is 0 Å². The molecule has 1 heterocycles. The molecule has 0 amide bonds. The molecule has 1 N–H and O–H groups in total. The van der Waals surface area contributed by atoms with Gasteiger partial charge >= 0.3 is 5.97 Å². The number of carbonyl (C=O) groups is 1. The van der Waals surface area contributed by atoms with E-state index in [0.717, 1.165) is 5.56 Å². The number of hydrogen-bond donors (Lipinski definition) is 1. The molecule has 1 atom stereocenters. The van der Waals surface area contributed by atoms with Gasteiger partial charge in [-0.05, 0) is 17.7 Å². The van der Waals surface area contributed by atoms with Crippen molar-refractivity contribution in [3.8, 4) is 28.7 Å². The molecule has 126 valence electrons. The molecule has 0 spiro atoms. The van der Waals surface area contributed by atoms with Gasteiger partial charge in [0.15, 0.2) is 11.5 Å². The quantitative estimate of drug-likeness (QED) is 0.686. The van der Waals surface area contributed by atoms with Crippen LogP contribution >= 0.6 is 0 Å². The van der Waals surface area contributed by atoms with E-state index in [1.807, 2.05) is 6.07 Å². The minimum atomic E-state index is -0.356. The van der Waals surface area contributed by atoms with Crippen LogP contribution in [0.1, 0.15) is 23.5 Å². The number of methoxy groups -OCH3 is 3. The van der Waals surface area contributed by atoms with Crippen molar-refractivity contribution in [3.05, 3.63) is 41.5 Å². The van der Waals surface area contributed by atoms with Gasteiger partial charge in [-0.2, -0.15) is 0 Å². The fourth-order valence-electron chi connectivity index (χ4n) is 3.03. The van der Waals surface area contributed by atoms with Crippen LogP contribution in [0.4, 0.5) is 0 Å². The Balaban J connectivity index is 2.25. The van der Waals surface area contributed by atoms with Gasteiger partial charge in [0.2, 0.25) is 5.75 Å². The predicted octanol–water partition coefficient (Wildman–Crippen LogP) is 2.86. The minimum Gasteiger partial charge on any atom is -0.508 e. The zero-order chi connectivity index (χ0) is 17.3. The fourth-order valence-corrected chi connectivity index (χ4v) is 3.03. The van der Waals surface area contributed by atoms with Crippen LogP contribution in [0.5, 0.6) is 28.7 Å². The second kappa shape index (κ2) is 6.31. The third-order valence-corrected chi connectivity index (χ3v) is 4.05. The maximum Gasteiger partial charge on any atom is 0.312 e. The second-order valence-corrected chi connectivity index (χ2v) is 5.38. The first-order chi connectivity index (χ1) is 11.6. The van der Waals surface area contributed by atoms with Crippen molar-refractivity contribution in [1.82, 2.24) is 0 Å². The molecule has 0 unspecified atom stereocenters. The number of rotatable bonds is 4. The third-order valence-electron chi connectivity index (χ3n) is 4.05. The average Bonchev–Trinajstić information content (AvgIpc) is 2.59. The number of aromatic hydroxyl groups is 1. The highest BCUT2D eigenvalue weighted by molar-refractivity contribution is 5.80. The lowest BCUT2D eigenvalue weighted by molar-refractivity contribution is -0.135. The second-order valence-electron chi connectivity index (χ2n) is 5.38. The summed E-state index contributed by atoms with van der Waals surface area (Å²) in [5.41, 5.74) is 1.48. The Hall–Kier alpha value is -2.89. The third kappa shape index (κ3) is 2.60. The van der Waals surface area contributed by atoms with Gasteiger partial charge in [-0.3, -0.25) is 4.79 Å². The van der Waals surface area contributed by atoms with Crippen LogP contribution < -0.4 is 18.9 Å². The molecule has 3 rings (SSSR count). The molecule has 2 aromatic carbocycles. The van der Waals surface area contributed by atoms with Crippen molar-refractivity contribution in [2.45, 2.75) is 12.3 Å². The Bertz CT molecular complexity index is 783. The molecule has 24 heavy (non-hydrogen) atoms. The van der Waals surface area contributed by atoms with Crippen molar-refractivity contribution in [2.75, 3.05) is 21.3 Å². The molecule has 0 radical (unpaired) electrons. The first-order valence-electron chi connectivity index (χ1n) is 7.41. The predicted molar refractivity (Wildman–Crippen MR) is 86.3 cm³/mol. The number of phenolic OH excluding ortho intramolecular Hbond substituents is 1. The Labute approximate surface area is 139 Å². The van der Waals surface area contributed by atoms with E-state index < -0.39 is 0 Å². The van der Waals surface area contributed by atoms with E-state index in [4.69, 9.17) is 18.9 Å². The number of benzene rings is 2. The summed E-state index contributed by atoms with van der Waals surface area (Å²) >= 11 is 0. The summed E-state index contributed by atoms with van der Waals surface area (Å²) < 4.78 is 21.6. The van der Waals surface area contributed by atoms with E-state index in [1.165, 1.54) is 21.3 Å². The molecule has 0 saturated carbocycles. The van der Waals surface area contributed by atoms with Gasteiger partial charge in [-0.15, -0.1) is 0 Å². The highest BCUT2D eigenvalue weighted by atomic mass is 16.5. The summed E-state index contributed by atoms with van der Waals surface area (Å²) in [5, 5.41) is 9.77. The fraction of sp³-hybridized carbons (Fsp3) is 0.278. The monoisotopic (exact) mass is 330 g/mol. The molecule has 0 saturated heterocycles. The summed E-state index contributed by atoms with van der Waals surface area (Å²) in [6.45, 7) is 0. The van der Waals surface area contributed by atoms with E-state index in [2.05, 4.69) is 0 Å². The number of phenols is 1. The zero-order valence-corrected chi connectivity index (χ0v) is 13.7. The van der Waals surface area contributed by atoms with E-state index in [0.29, 0.717) is 28.6 Å². The molecule has 6 nitrogen and oxygen atoms in total. The van der Waals surface area contributed by atoms with Gasteiger partial charge in [0.1, 0.15) is 11.5 Å². The van der Waals surface area contributed by atoms with Crippen LogP contribution in [0.15, 0.2) is 30.3 Å². The minimum absolute atomic E-state index is 0.132. The van der Waals surface area contributed by atoms with Gasteiger partial charge in [-0.25, -0.2) is 0 Å². The molecule has 0 aromatic heterocycles. The number of hydrogen-bond acceptors (Lipinski definition) is 6. The Morgan fingerprint density at radius 2 is 1.83 bits per heavy atom. The number of carbonyl (C=O) groups excluding carboxylic acids is 1. The highest BCUT2D eigenvalue weighted by Crippen LogP contribution is 2.52. The lowest BCUT2D eigenvalue weighted by Gasteiger charge is -2.28. The molecule has 0 aliphatic carbocycles. The van der Waals surface area contributed by atoms with Crippen LogP contribution in [0.3, 0.4) is 0 Å². The maximum absolute atomic E-state index is 12.1. The van der Waals surface area contributed by atoms with Gasteiger partial charge in [-0.1, -0.05) is 12.1 Å². The number of esters is 1. The van der Waals surface area contributed by atoms with E-state index in [-0.39, 0.29) is 24.1 Å². The molecular formula is C18H18O6. The Morgan fingerprint density at radius 1 is 1.08 bits per heavy atom. The van der Waals surface area contributed by atoms with E-state index >= 15 is 0 Å². The molecule has 1 aliphatic heterocycles. The molecule has 6 heteroatoms. The zero-order valence-electron chi connectivity index (χ0n) is 13.7. The smallest absolute Gasteiger partial charge is 0.312 e. The van der Waals surface area contributed by atoms with Crippen LogP contribution in [-0.2, 0) is 4.79 Å². The first-order valence-corrected chi connectivity index (χ1v) is 7.41. The summed E-state index contributed by atoms with van der Waals surface area (Å²) in [7, 11) is 4.54. The molecule has 1 aliphatic rings. The van der Waals surface area contributed by atoms with Crippen molar-refractivity contribution >= 4 is 5.97 Å². The summed E-state index contributed by atoms with van der Waals surface area (Å²) in [4.78, 5) is 12.1. The Morgan fingerprint density at radius 3 is 2.46 bits per heavy atom. The largest absolute Gasteiger partial charge is 0.508 e. The summed E-state index contributed by atoms with van der Waals surface area (Å²) in [6, 6.07) is 8.41. The van der Waals surface area contributed by atoms with E-state index in [9.17, 15) is 9.90 Å². The van der Waals surface area contributed by atoms with Crippen molar-refractivity contribution in [1.29, 1.82) is 0 Å². The van der Waals surface area contributed by atoms with Crippen molar-refractivity contribution in [3.63, 3.8) is 0 Å².